The lowest BCUT2D eigenvalue weighted by molar-refractivity contribution is -0.161. The maximum Gasteiger partial charge on any atom is 0.472 e. The lowest BCUT2D eigenvalue weighted by atomic mass is 10.0. The highest BCUT2D eigenvalue weighted by atomic mass is 31.2. The van der Waals surface area contributed by atoms with Gasteiger partial charge < -0.3 is 33.8 Å². The SMILES string of the molecule is CCCCCC/C=C\CCCCCCCC(=O)OC[C@H](COP(=O)(O)OC[C@H](O)COP(=O)(O)OC[C@@H](COC(=O)CCCCCCCCCCCCCCC)OC(=O)CCCCCCC/C=C\CCCCCC)OC(=O)CCCCCCC/C=C\CCCCCC. The first-order valence-corrected chi connectivity index (χ1v) is 40.2. The fourth-order valence-corrected chi connectivity index (χ4v) is 11.9. The summed E-state index contributed by atoms with van der Waals surface area (Å²) in [5.41, 5.74) is 0. The van der Waals surface area contributed by atoms with Crippen LogP contribution >= 0.6 is 15.6 Å². The molecule has 0 bridgehead atoms. The molecule has 0 rings (SSSR count). The Kier molecular flexibility index (Phi) is 64.9. The summed E-state index contributed by atoms with van der Waals surface area (Å²) >= 11 is 0. The monoisotopic (exact) mass is 1350 g/mol. The van der Waals surface area contributed by atoms with Crippen molar-refractivity contribution in [3.63, 3.8) is 0 Å². The average Bonchev–Trinajstić information content (AvgIpc) is 3.63. The van der Waals surface area contributed by atoms with Crippen LogP contribution in [-0.2, 0) is 65.4 Å². The van der Waals surface area contributed by atoms with Crippen molar-refractivity contribution in [2.24, 2.45) is 0 Å². The van der Waals surface area contributed by atoms with E-state index in [-0.39, 0.29) is 25.7 Å². The molecule has 0 aromatic heterocycles. The lowest BCUT2D eigenvalue weighted by Crippen LogP contribution is -2.30. The van der Waals surface area contributed by atoms with Gasteiger partial charge in [-0.15, -0.1) is 0 Å². The highest BCUT2D eigenvalue weighted by Crippen LogP contribution is 2.45. The first kappa shape index (κ1) is 89.3. The summed E-state index contributed by atoms with van der Waals surface area (Å²) in [5, 5.41) is 10.6. The van der Waals surface area contributed by atoms with Crippen LogP contribution < -0.4 is 0 Å². The Bertz CT molecular complexity index is 1900. The van der Waals surface area contributed by atoms with E-state index in [2.05, 4.69) is 64.2 Å². The van der Waals surface area contributed by atoms with Crippen LogP contribution in [0.5, 0.6) is 0 Å². The molecule has 3 N–H and O–H groups in total. The Morgan fingerprint density at radius 2 is 0.500 bits per heavy atom. The zero-order chi connectivity index (χ0) is 67.5. The van der Waals surface area contributed by atoms with Gasteiger partial charge in [0.25, 0.3) is 0 Å². The summed E-state index contributed by atoms with van der Waals surface area (Å²) in [6, 6.07) is 0. The van der Waals surface area contributed by atoms with Crippen molar-refractivity contribution in [3.05, 3.63) is 36.5 Å². The third kappa shape index (κ3) is 65.9. The molecule has 0 aliphatic heterocycles. The highest BCUT2D eigenvalue weighted by molar-refractivity contribution is 7.47. The molecule has 0 radical (unpaired) electrons. The van der Waals surface area contributed by atoms with Gasteiger partial charge in [-0.05, 0) is 103 Å². The number of hydrogen-bond acceptors (Lipinski definition) is 15. The molecule has 0 aromatic rings. The van der Waals surface area contributed by atoms with E-state index in [0.717, 1.165) is 135 Å². The molecular formula is C73H136O17P2. The van der Waals surface area contributed by atoms with Crippen LogP contribution in [-0.4, -0.2) is 96.7 Å². The minimum atomic E-state index is -4.96. The first-order valence-electron chi connectivity index (χ1n) is 37.2. The Morgan fingerprint density at radius 1 is 0.293 bits per heavy atom. The van der Waals surface area contributed by atoms with Crippen molar-refractivity contribution in [1.82, 2.24) is 0 Å². The molecule has 0 saturated carbocycles. The van der Waals surface area contributed by atoms with E-state index in [9.17, 15) is 43.2 Å². The summed E-state index contributed by atoms with van der Waals surface area (Å²) in [7, 11) is -9.92. The predicted octanol–water partition coefficient (Wildman–Crippen LogP) is 20.8. The van der Waals surface area contributed by atoms with Gasteiger partial charge in [-0.3, -0.25) is 37.3 Å². The van der Waals surface area contributed by atoms with E-state index in [1.54, 1.807) is 0 Å². The molecule has 0 amide bonds. The number of allylic oxidation sites excluding steroid dienone is 6. The minimum Gasteiger partial charge on any atom is -0.462 e. The van der Waals surface area contributed by atoms with Crippen LogP contribution in [0.3, 0.4) is 0 Å². The van der Waals surface area contributed by atoms with Gasteiger partial charge in [0.15, 0.2) is 12.2 Å². The number of aliphatic hydroxyl groups excluding tert-OH is 1. The number of aliphatic hydroxyl groups is 1. The molecule has 92 heavy (non-hydrogen) atoms. The molecule has 5 atom stereocenters. The van der Waals surface area contributed by atoms with E-state index >= 15 is 0 Å². The van der Waals surface area contributed by atoms with Gasteiger partial charge in [0.05, 0.1) is 26.4 Å². The van der Waals surface area contributed by atoms with Crippen molar-refractivity contribution in [3.8, 4) is 0 Å². The molecular weight excluding hydrogens is 1210 g/mol. The maximum atomic E-state index is 13.0. The van der Waals surface area contributed by atoms with Crippen LogP contribution in [0.2, 0.25) is 0 Å². The average molecular weight is 1350 g/mol. The topological polar surface area (TPSA) is 237 Å². The molecule has 0 aliphatic rings. The molecule has 540 valence electrons. The fourth-order valence-electron chi connectivity index (χ4n) is 10.3. The summed E-state index contributed by atoms with van der Waals surface area (Å²) in [5.74, 6) is -2.17. The van der Waals surface area contributed by atoms with Gasteiger partial charge in [0, 0.05) is 25.7 Å². The molecule has 0 fully saturated rings. The highest BCUT2D eigenvalue weighted by Gasteiger charge is 2.30. The van der Waals surface area contributed by atoms with E-state index in [4.69, 9.17) is 37.0 Å². The number of phosphoric ester groups is 2. The molecule has 0 aromatic carbocycles. The zero-order valence-corrected chi connectivity index (χ0v) is 60.5. The van der Waals surface area contributed by atoms with Crippen molar-refractivity contribution in [2.45, 2.75) is 367 Å². The fraction of sp³-hybridized carbons (Fsp3) is 0.863. The lowest BCUT2D eigenvalue weighted by Gasteiger charge is -2.21. The summed E-state index contributed by atoms with van der Waals surface area (Å²) < 4.78 is 68.3. The van der Waals surface area contributed by atoms with E-state index in [1.807, 2.05) is 0 Å². The number of unbranched alkanes of at least 4 members (excludes halogenated alkanes) is 39. The van der Waals surface area contributed by atoms with Gasteiger partial charge in [0.2, 0.25) is 0 Å². The molecule has 19 heteroatoms. The Hall–Kier alpha value is -2.72. The van der Waals surface area contributed by atoms with E-state index < -0.39 is 97.5 Å². The third-order valence-electron chi connectivity index (χ3n) is 16.1. The number of carbonyl (C=O) groups excluding carboxylic acids is 4. The number of hydrogen-bond donors (Lipinski definition) is 3. The van der Waals surface area contributed by atoms with Crippen molar-refractivity contribution in [1.29, 1.82) is 0 Å². The minimum absolute atomic E-state index is 0.0890. The van der Waals surface area contributed by atoms with Gasteiger partial charge in [-0.25, -0.2) is 9.13 Å². The largest absolute Gasteiger partial charge is 0.472 e. The summed E-state index contributed by atoms with van der Waals surface area (Å²) in [6.07, 6.45) is 59.9. The Morgan fingerprint density at radius 3 is 0.761 bits per heavy atom. The van der Waals surface area contributed by atoms with Crippen molar-refractivity contribution in [2.75, 3.05) is 39.6 Å². The van der Waals surface area contributed by atoms with E-state index in [0.29, 0.717) is 25.7 Å². The Balaban J connectivity index is 5.31. The van der Waals surface area contributed by atoms with Crippen molar-refractivity contribution >= 4 is 39.5 Å². The van der Waals surface area contributed by atoms with Gasteiger partial charge in [-0.1, -0.05) is 257 Å². The van der Waals surface area contributed by atoms with E-state index in [1.165, 1.54) is 135 Å². The van der Waals surface area contributed by atoms with Gasteiger partial charge in [0.1, 0.15) is 19.3 Å². The number of esters is 4. The number of phosphoric acid groups is 2. The van der Waals surface area contributed by atoms with Gasteiger partial charge >= 0.3 is 39.5 Å². The number of rotatable bonds is 71. The van der Waals surface area contributed by atoms with Crippen molar-refractivity contribution < 1.29 is 80.2 Å². The summed E-state index contributed by atoms with van der Waals surface area (Å²) in [6.45, 7) is 4.85. The normalized spacial score (nSPS) is 14.2. The predicted molar refractivity (Wildman–Crippen MR) is 372 cm³/mol. The molecule has 0 spiro atoms. The van der Waals surface area contributed by atoms with Crippen LogP contribution in [0, 0.1) is 0 Å². The third-order valence-corrected chi connectivity index (χ3v) is 18.0. The summed E-state index contributed by atoms with van der Waals surface area (Å²) in [4.78, 5) is 72.6. The second-order valence-electron chi connectivity index (χ2n) is 25.2. The molecule has 2 unspecified atom stereocenters. The molecule has 0 heterocycles. The van der Waals surface area contributed by atoms with Crippen LogP contribution in [0.25, 0.3) is 0 Å². The molecule has 0 saturated heterocycles. The molecule has 17 nitrogen and oxygen atoms in total. The maximum absolute atomic E-state index is 13.0. The number of carbonyl (C=O) groups is 4. The Labute approximate surface area is 560 Å². The first-order chi connectivity index (χ1) is 44.7. The zero-order valence-electron chi connectivity index (χ0n) is 58.7. The standard InChI is InChI=1S/C73H136O17P2/c1-5-9-13-17-21-25-29-33-37-41-45-49-53-57-70(75)83-63-68(89-72(77)59-55-51-47-43-39-35-31-27-23-19-15-11-7-3)65-87-91(79,80)85-61-67(74)62-86-92(81,82)88-66-69(90-73(78)60-56-52-48-44-40-36-32-28-24-20-16-12-8-4)64-84-71(76)58-54-50-46-42-38-34-30-26-22-18-14-10-6-2/h25,27-29,31-32,67-69,74H,5-24,26,30,33-66H2,1-4H3,(H,79,80)(H,81,82)/b29-25-,31-27-,32-28-/t67-,68+,69+/m0/s1. The second kappa shape index (κ2) is 66.9. The number of ether oxygens (including phenoxy) is 4. The smallest absolute Gasteiger partial charge is 0.462 e. The quantitative estimate of drug-likeness (QED) is 0.0169. The van der Waals surface area contributed by atoms with Crippen LogP contribution in [0.4, 0.5) is 0 Å². The van der Waals surface area contributed by atoms with Crippen LogP contribution in [0.15, 0.2) is 36.5 Å². The van der Waals surface area contributed by atoms with Gasteiger partial charge in [-0.2, -0.15) is 0 Å². The molecule has 0 aliphatic carbocycles. The second-order valence-corrected chi connectivity index (χ2v) is 28.1. The van der Waals surface area contributed by atoms with Crippen LogP contribution in [0.1, 0.15) is 349 Å².